The SMILES string of the molecule is CC[C@H](C)NC(=O)[C@@H](C)N(Cc1ccc(C)cc1)C(=O)CCCN1C(=O)c2cccc3cccc1c23. The summed E-state index contributed by atoms with van der Waals surface area (Å²) in [6.45, 7) is 8.59. The molecule has 0 saturated heterocycles. The van der Waals surface area contributed by atoms with Crippen LogP contribution < -0.4 is 10.2 Å². The molecule has 188 valence electrons. The first-order valence-electron chi connectivity index (χ1n) is 12.8. The third kappa shape index (κ3) is 5.27. The highest BCUT2D eigenvalue weighted by Gasteiger charge is 2.30. The molecule has 3 aromatic carbocycles. The van der Waals surface area contributed by atoms with Crippen LogP contribution in [-0.4, -0.2) is 41.2 Å². The Morgan fingerprint density at radius 3 is 2.39 bits per heavy atom. The fourth-order valence-corrected chi connectivity index (χ4v) is 4.67. The number of nitrogens with zero attached hydrogens (tertiary/aromatic N) is 2. The Morgan fingerprint density at radius 2 is 1.69 bits per heavy atom. The maximum Gasteiger partial charge on any atom is 0.258 e. The molecule has 0 fully saturated rings. The van der Waals surface area contributed by atoms with Crippen LogP contribution in [-0.2, 0) is 16.1 Å². The Hall–Kier alpha value is -3.67. The standard InChI is InChI=1S/C30H35N3O3/c1-5-21(3)31-29(35)22(4)33(19-23-16-14-20(2)15-17-23)27(34)13-8-18-32-26-12-7-10-24-9-6-11-25(28(24)26)30(32)36/h6-7,9-12,14-17,21-22H,5,8,13,18-19H2,1-4H3,(H,31,35)/t21-,22+/m0/s1. The van der Waals surface area contributed by atoms with E-state index in [2.05, 4.69) is 5.32 Å². The zero-order valence-corrected chi connectivity index (χ0v) is 21.6. The summed E-state index contributed by atoms with van der Waals surface area (Å²) < 4.78 is 0. The van der Waals surface area contributed by atoms with Crippen molar-refractivity contribution < 1.29 is 14.4 Å². The van der Waals surface area contributed by atoms with Crippen LogP contribution in [0.5, 0.6) is 0 Å². The summed E-state index contributed by atoms with van der Waals surface area (Å²) in [5.74, 6) is -0.265. The van der Waals surface area contributed by atoms with Gasteiger partial charge in [0.1, 0.15) is 6.04 Å². The van der Waals surface area contributed by atoms with E-state index in [1.807, 2.05) is 81.4 Å². The van der Waals surface area contributed by atoms with E-state index in [-0.39, 0.29) is 30.2 Å². The van der Waals surface area contributed by atoms with E-state index in [1.54, 1.807) is 16.7 Å². The fourth-order valence-electron chi connectivity index (χ4n) is 4.67. The fraction of sp³-hybridized carbons (Fsp3) is 0.367. The van der Waals surface area contributed by atoms with Gasteiger partial charge in [-0.2, -0.15) is 0 Å². The molecule has 1 heterocycles. The monoisotopic (exact) mass is 485 g/mol. The summed E-state index contributed by atoms with van der Waals surface area (Å²) in [5, 5.41) is 5.02. The quantitative estimate of drug-likeness (QED) is 0.428. The molecule has 3 amide bonds. The predicted octanol–water partition coefficient (Wildman–Crippen LogP) is 5.22. The first-order chi connectivity index (χ1) is 17.3. The van der Waals surface area contributed by atoms with Crippen LogP contribution >= 0.6 is 0 Å². The summed E-state index contributed by atoms with van der Waals surface area (Å²) in [6, 6.07) is 19.2. The maximum atomic E-state index is 13.4. The molecule has 0 aliphatic carbocycles. The number of hydrogen-bond acceptors (Lipinski definition) is 3. The average molecular weight is 486 g/mol. The number of benzene rings is 3. The molecule has 0 bridgehead atoms. The van der Waals surface area contributed by atoms with Gasteiger partial charge in [-0.25, -0.2) is 0 Å². The number of carbonyl (C=O) groups is 3. The summed E-state index contributed by atoms with van der Waals surface area (Å²) in [4.78, 5) is 42.8. The summed E-state index contributed by atoms with van der Waals surface area (Å²) in [6.07, 6.45) is 1.59. The lowest BCUT2D eigenvalue weighted by molar-refractivity contribution is -0.140. The Kier molecular flexibility index (Phi) is 7.73. The Balaban J connectivity index is 1.46. The second kappa shape index (κ2) is 10.9. The van der Waals surface area contributed by atoms with Gasteiger partial charge in [0.15, 0.2) is 0 Å². The van der Waals surface area contributed by atoms with Crippen LogP contribution in [0, 0.1) is 6.92 Å². The van der Waals surface area contributed by atoms with Crippen molar-refractivity contribution in [3.63, 3.8) is 0 Å². The number of anilines is 1. The topological polar surface area (TPSA) is 69.7 Å². The molecule has 0 radical (unpaired) electrons. The molecule has 6 heteroatoms. The maximum absolute atomic E-state index is 13.4. The van der Waals surface area contributed by atoms with Gasteiger partial charge in [-0.05, 0) is 56.7 Å². The molecule has 36 heavy (non-hydrogen) atoms. The zero-order chi connectivity index (χ0) is 25.8. The normalized spacial score (nSPS) is 14.1. The molecule has 1 aliphatic heterocycles. The van der Waals surface area contributed by atoms with Crippen molar-refractivity contribution in [2.24, 2.45) is 0 Å². The largest absolute Gasteiger partial charge is 0.352 e. The van der Waals surface area contributed by atoms with Crippen molar-refractivity contribution in [1.29, 1.82) is 0 Å². The second-order valence-corrected chi connectivity index (χ2v) is 9.74. The number of aryl methyl sites for hydroxylation is 1. The zero-order valence-electron chi connectivity index (χ0n) is 21.6. The highest BCUT2D eigenvalue weighted by Crippen LogP contribution is 2.37. The van der Waals surface area contributed by atoms with Gasteiger partial charge in [-0.15, -0.1) is 0 Å². The van der Waals surface area contributed by atoms with Gasteiger partial charge in [0.25, 0.3) is 5.91 Å². The summed E-state index contributed by atoms with van der Waals surface area (Å²) >= 11 is 0. The second-order valence-electron chi connectivity index (χ2n) is 9.74. The molecular weight excluding hydrogens is 450 g/mol. The van der Waals surface area contributed by atoms with Crippen molar-refractivity contribution in [3.05, 3.63) is 77.4 Å². The number of amides is 3. The number of carbonyl (C=O) groups excluding carboxylic acids is 3. The van der Waals surface area contributed by atoms with Crippen LogP contribution in [0.3, 0.4) is 0 Å². The van der Waals surface area contributed by atoms with E-state index in [0.717, 1.165) is 34.0 Å². The molecule has 4 rings (SSSR count). The van der Waals surface area contributed by atoms with Crippen LogP contribution in [0.2, 0.25) is 0 Å². The van der Waals surface area contributed by atoms with Crippen molar-refractivity contribution in [2.45, 2.75) is 65.6 Å². The van der Waals surface area contributed by atoms with E-state index in [1.165, 1.54) is 0 Å². The summed E-state index contributed by atoms with van der Waals surface area (Å²) in [7, 11) is 0. The highest BCUT2D eigenvalue weighted by atomic mass is 16.2. The first-order valence-corrected chi connectivity index (χ1v) is 12.8. The molecule has 0 saturated carbocycles. The minimum Gasteiger partial charge on any atom is -0.352 e. The van der Waals surface area contributed by atoms with E-state index >= 15 is 0 Å². The van der Waals surface area contributed by atoms with Crippen molar-refractivity contribution in [3.8, 4) is 0 Å². The average Bonchev–Trinajstić information content (AvgIpc) is 3.15. The third-order valence-electron chi connectivity index (χ3n) is 7.06. The van der Waals surface area contributed by atoms with Gasteiger partial charge in [0.2, 0.25) is 11.8 Å². The molecule has 6 nitrogen and oxygen atoms in total. The smallest absolute Gasteiger partial charge is 0.258 e. The minimum absolute atomic E-state index is 0.0212. The van der Waals surface area contributed by atoms with Crippen molar-refractivity contribution in [2.75, 3.05) is 11.4 Å². The van der Waals surface area contributed by atoms with Gasteiger partial charge in [0.05, 0.1) is 5.69 Å². The predicted molar refractivity (Wildman–Crippen MR) is 144 cm³/mol. The van der Waals surface area contributed by atoms with Gasteiger partial charge in [-0.3, -0.25) is 14.4 Å². The van der Waals surface area contributed by atoms with E-state index in [9.17, 15) is 14.4 Å². The molecule has 0 aromatic heterocycles. The van der Waals surface area contributed by atoms with Crippen LogP contribution in [0.15, 0.2) is 60.7 Å². The minimum atomic E-state index is -0.598. The Labute approximate surface area is 213 Å². The lowest BCUT2D eigenvalue weighted by Gasteiger charge is -2.30. The van der Waals surface area contributed by atoms with Gasteiger partial charge < -0.3 is 15.1 Å². The molecular formula is C30H35N3O3. The first kappa shape index (κ1) is 25.4. The van der Waals surface area contributed by atoms with Gasteiger partial charge >= 0.3 is 0 Å². The highest BCUT2D eigenvalue weighted by molar-refractivity contribution is 6.25. The van der Waals surface area contributed by atoms with Crippen LogP contribution in [0.4, 0.5) is 5.69 Å². The molecule has 0 unspecified atom stereocenters. The van der Waals surface area contributed by atoms with Gasteiger partial charge in [0, 0.05) is 36.5 Å². The number of rotatable bonds is 10. The molecule has 3 aromatic rings. The van der Waals surface area contributed by atoms with Crippen LogP contribution in [0.1, 0.15) is 61.5 Å². The van der Waals surface area contributed by atoms with E-state index in [4.69, 9.17) is 0 Å². The van der Waals surface area contributed by atoms with Crippen LogP contribution in [0.25, 0.3) is 10.8 Å². The molecule has 2 atom stereocenters. The Bertz CT molecular complexity index is 1260. The molecule has 1 aliphatic rings. The van der Waals surface area contributed by atoms with Crippen molar-refractivity contribution in [1.82, 2.24) is 10.2 Å². The lowest BCUT2D eigenvalue weighted by atomic mass is 10.1. The molecule has 0 spiro atoms. The van der Waals surface area contributed by atoms with Gasteiger partial charge in [-0.1, -0.05) is 61.0 Å². The lowest BCUT2D eigenvalue weighted by Crippen LogP contribution is -2.49. The third-order valence-corrected chi connectivity index (χ3v) is 7.06. The summed E-state index contributed by atoms with van der Waals surface area (Å²) in [5.41, 5.74) is 3.74. The number of hydrogen-bond donors (Lipinski definition) is 1. The van der Waals surface area contributed by atoms with E-state index < -0.39 is 6.04 Å². The Morgan fingerprint density at radius 1 is 1.00 bits per heavy atom. The van der Waals surface area contributed by atoms with Crippen molar-refractivity contribution >= 4 is 34.2 Å². The number of nitrogens with one attached hydrogen (secondary N) is 1. The molecule has 1 N–H and O–H groups in total. The van der Waals surface area contributed by atoms with E-state index in [0.29, 0.717) is 25.1 Å².